The van der Waals surface area contributed by atoms with Crippen molar-refractivity contribution in [3.05, 3.63) is 63.5 Å². The van der Waals surface area contributed by atoms with E-state index in [2.05, 4.69) is 25.3 Å². The van der Waals surface area contributed by atoms with Crippen LogP contribution < -0.4 is 16.4 Å². The smallest absolute Gasteiger partial charge is 0.313 e. The minimum absolute atomic E-state index is 0.00866. The fourth-order valence-corrected chi connectivity index (χ4v) is 4.64. The van der Waals surface area contributed by atoms with Crippen LogP contribution in [0.4, 0.5) is 5.69 Å². The zero-order valence-corrected chi connectivity index (χ0v) is 21.7. The molecule has 2 aromatic heterocycles. The Hall–Kier alpha value is -3.27. The van der Waals surface area contributed by atoms with Gasteiger partial charge in [0.15, 0.2) is 11.5 Å². The molecule has 4 N–H and O–H groups in total. The van der Waals surface area contributed by atoms with Gasteiger partial charge in [-0.1, -0.05) is 29.3 Å². The summed E-state index contributed by atoms with van der Waals surface area (Å²) in [7, 11) is 1.20. The van der Waals surface area contributed by atoms with E-state index in [4.69, 9.17) is 28.9 Å². The monoisotopic (exact) mass is 543 g/mol. The second-order valence-electron chi connectivity index (χ2n) is 8.95. The van der Waals surface area contributed by atoms with Crippen LogP contribution in [0.3, 0.4) is 0 Å². The van der Waals surface area contributed by atoms with Crippen molar-refractivity contribution in [2.45, 2.75) is 50.7 Å². The molecule has 0 spiro atoms. The lowest BCUT2D eigenvalue weighted by molar-refractivity contribution is -0.139. The van der Waals surface area contributed by atoms with Crippen LogP contribution in [-0.4, -0.2) is 46.8 Å². The molecule has 37 heavy (non-hydrogen) atoms. The molecule has 1 fully saturated rings. The van der Waals surface area contributed by atoms with E-state index in [1.165, 1.54) is 7.11 Å². The van der Waals surface area contributed by atoms with E-state index in [0.29, 0.717) is 26.6 Å². The van der Waals surface area contributed by atoms with E-state index in [0.717, 1.165) is 31.2 Å². The average molecular weight is 544 g/mol. The Kier molecular flexibility index (Phi) is 8.58. The van der Waals surface area contributed by atoms with Crippen LogP contribution in [0.1, 0.15) is 58.6 Å². The van der Waals surface area contributed by atoms with Crippen LogP contribution in [0.25, 0.3) is 10.9 Å². The number of aromatic nitrogens is 2. The van der Waals surface area contributed by atoms with E-state index in [1.54, 1.807) is 36.5 Å². The molecule has 0 atom stereocenters. The van der Waals surface area contributed by atoms with Gasteiger partial charge in [0, 0.05) is 30.2 Å². The quantitative estimate of drug-likeness (QED) is 0.217. The van der Waals surface area contributed by atoms with Crippen LogP contribution in [0.2, 0.25) is 10.0 Å². The van der Waals surface area contributed by atoms with Gasteiger partial charge in [0.1, 0.15) is 12.1 Å². The number of nitrogens with zero attached hydrogens (tertiary/aromatic N) is 2. The van der Waals surface area contributed by atoms with Crippen molar-refractivity contribution in [2.75, 3.05) is 12.4 Å². The molecule has 1 aliphatic rings. The maximum Gasteiger partial charge on any atom is 0.313 e. The number of Topliss-reactive ketones (excluding diaryl/α,β-unsaturated/α-hetero) is 1. The zero-order valence-electron chi connectivity index (χ0n) is 20.2. The van der Waals surface area contributed by atoms with Crippen LogP contribution >= 0.6 is 23.2 Å². The molecule has 194 valence electrons. The Morgan fingerprint density at radius 1 is 1.08 bits per heavy atom. The van der Waals surface area contributed by atoms with E-state index >= 15 is 0 Å². The SMILES string of the molecule is COC(=O)CC(=O)c1nc(C(=O)NCc2ccc(Cl)c(Cl)c2)c(NC2CCC(N)CC2)c2ncccc12. The van der Waals surface area contributed by atoms with Crippen LogP contribution in [-0.2, 0) is 16.1 Å². The molecule has 1 aliphatic carbocycles. The first-order valence-corrected chi connectivity index (χ1v) is 12.7. The summed E-state index contributed by atoms with van der Waals surface area (Å²) in [6, 6.07) is 8.64. The number of carbonyl (C=O) groups excluding carboxylic acids is 3. The predicted octanol–water partition coefficient (Wildman–Crippen LogP) is 4.29. The molecule has 0 radical (unpaired) electrons. The van der Waals surface area contributed by atoms with Gasteiger partial charge in [0.25, 0.3) is 5.91 Å². The van der Waals surface area contributed by atoms with Gasteiger partial charge < -0.3 is 21.1 Å². The third kappa shape index (κ3) is 6.36. The number of amides is 1. The number of rotatable bonds is 8. The number of carbonyl (C=O) groups is 3. The highest BCUT2D eigenvalue weighted by atomic mass is 35.5. The number of nitrogens with two attached hydrogens (primary N) is 1. The van der Waals surface area contributed by atoms with Gasteiger partial charge in [-0.15, -0.1) is 0 Å². The van der Waals surface area contributed by atoms with Crippen molar-refractivity contribution in [1.82, 2.24) is 15.3 Å². The van der Waals surface area contributed by atoms with Gasteiger partial charge >= 0.3 is 5.97 Å². The topological polar surface area (TPSA) is 136 Å². The highest BCUT2D eigenvalue weighted by Crippen LogP contribution is 2.31. The third-order valence-electron chi connectivity index (χ3n) is 6.33. The molecule has 1 saturated carbocycles. The van der Waals surface area contributed by atoms with Crippen LogP contribution in [0.15, 0.2) is 36.5 Å². The molecule has 4 rings (SSSR count). The van der Waals surface area contributed by atoms with Crippen LogP contribution in [0.5, 0.6) is 0 Å². The number of hydrogen-bond acceptors (Lipinski definition) is 8. The standard InChI is InChI=1S/C26H27Cl2N5O4/c1-37-21(35)12-20(34)22-17-3-2-10-30-23(17)24(32-16-7-5-15(29)6-8-16)25(33-22)26(36)31-13-14-4-9-18(27)19(28)11-14/h2-4,9-11,15-16,32H,5-8,12-13,29H2,1H3,(H,31,36). The second kappa shape index (κ2) is 11.9. The number of benzene rings is 1. The number of fused-ring (bicyclic) bond motifs is 1. The predicted molar refractivity (Wildman–Crippen MR) is 142 cm³/mol. The highest BCUT2D eigenvalue weighted by Gasteiger charge is 2.27. The number of esters is 1. The molecule has 0 saturated heterocycles. The van der Waals surface area contributed by atoms with E-state index in [1.807, 2.05) is 0 Å². The second-order valence-corrected chi connectivity index (χ2v) is 9.76. The maximum atomic E-state index is 13.5. The van der Waals surface area contributed by atoms with Gasteiger partial charge in [0.2, 0.25) is 0 Å². The first-order valence-electron chi connectivity index (χ1n) is 11.9. The van der Waals surface area contributed by atoms with Crippen molar-refractivity contribution in [3.8, 4) is 0 Å². The number of anilines is 1. The molecule has 0 unspecified atom stereocenters. The highest BCUT2D eigenvalue weighted by molar-refractivity contribution is 6.42. The Balaban J connectivity index is 1.73. The van der Waals surface area contributed by atoms with Crippen molar-refractivity contribution in [3.63, 3.8) is 0 Å². The molecule has 0 bridgehead atoms. The minimum atomic E-state index is -0.699. The summed E-state index contributed by atoms with van der Waals surface area (Å²) in [5.41, 5.74) is 7.63. The first-order chi connectivity index (χ1) is 17.8. The van der Waals surface area contributed by atoms with E-state index in [-0.39, 0.29) is 30.0 Å². The van der Waals surface area contributed by atoms with E-state index in [9.17, 15) is 14.4 Å². The number of methoxy groups -OCH3 is 1. The number of ketones is 1. The molecule has 3 aromatic rings. The first kappa shape index (κ1) is 26.8. The van der Waals surface area contributed by atoms with Crippen molar-refractivity contribution < 1.29 is 19.1 Å². The number of halogens is 2. The lowest BCUT2D eigenvalue weighted by Gasteiger charge is -2.28. The number of pyridine rings is 2. The zero-order chi connectivity index (χ0) is 26.5. The van der Waals surface area contributed by atoms with Gasteiger partial charge in [-0.3, -0.25) is 19.4 Å². The molecule has 1 aromatic carbocycles. The van der Waals surface area contributed by atoms with Crippen molar-refractivity contribution in [2.24, 2.45) is 5.73 Å². The summed E-state index contributed by atoms with van der Waals surface area (Å²) >= 11 is 12.1. The molecule has 0 aliphatic heterocycles. The summed E-state index contributed by atoms with van der Waals surface area (Å²) in [6.45, 7) is 0.154. The summed E-state index contributed by atoms with van der Waals surface area (Å²) < 4.78 is 4.65. The Bertz CT molecular complexity index is 1340. The molecular formula is C26H27Cl2N5O4. The molecule has 2 heterocycles. The van der Waals surface area contributed by atoms with Crippen molar-refractivity contribution in [1.29, 1.82) is 0 Å². The molecule has 1 amide bonds. The number of hydrogen-bond donors (Lipinski definition) is 3. The lowest BCUT2D eigenvalue weighted by Crippen LogP contribution is -2.34. The third-order valence-corrected chi connectivity index (χ3v) is 7.07. The largest absolute Gasteiger partial charge is 0.469 e. The van der Waals surface area contributed by atoms with Crippen LogP contribution in [0, 0.1) is 0 Å². The molecule has 11 heteroatoms. The number of ether oxygens (including phenoxy) is 1. The lowest BCUT2D eigenvalue weighted by atomic mass is 9.91. The molecular weight excluding hydrogens is 517 g/mol. The Morgan fingerprint density at radius 3 is 2.54 bits per heavy atom. The summed E-state index contributed by atoms with van der Waals surface area (Å²) in [5, 5.41) is 7.50. The van der Waals surface area contributed by atoms with Gasteiger partial charge in [0.05, 0.1) is 28.4 Å². The average Bonchev–Trinajstić information content (AvgIpc) is 2.90. The van der Waals surface area contributed by atoms with E-state index < -0.39 is 24.1 Å². The fraction of sp³-hybridized carbons (Fsp3) is 0.346. The van der Waals surface area contributed by atoms with Gasteiger partial charge in [-0.2, -0.15) is 0 Å². The summed E-state index contributed by atoms with van der Waals surface area (Å²) in [5.74, 6) is -1.78. The Morgan fingerprint density at radius 2 is 1.84 bits per heavy atom. The van der Waals surface area contributed by atoms with Crippen molar-refractivity contribution >= 4 is 57.5 Å². The Labute approximate surface area is 224 Å². The molecule has 9 nitrogen and oxygen atoms in total. The number of nitrogens with one attached hydrogen (secondary N) is 2. The summed E-state index contributed by atoms with van der Waals surface area (Å²) in [4.78, 5) is 47.2. The normalized spacial score (nSPS) is 17.3. The maximum absolute atomic E-state index is 13.5. The minimum Gasteiger partial charge on any atom is -0.469 e. The van der Waals surface area contributed by atoms with Gasteiger partial charge in [-0.25, -0.2) is 4.98 Å². The fourth-order valence-electron chi connectivity index (χ4n) is 4.32. The van der Waals surface area contributed by atoms with Gasteiger partial charge in [-0.05, 0) is 55.5 Å². The summed E-state index contributed by atoms with van der Waals surface area (Å²) in [6.07, 6.45) is 4.42.